The molecular weight excluding hydrogens is 443 g/mol. The Bertz CT molecular complexity index is 1280. The predicted molar refractivity (Wildman–Crippen MR) is 113 cm³/mol. The molecule has 2 aromatic heterocycles. The second kappa shape index (κ2) is 8.63. The zero-order chi connectivity index (χ0) is 22.7. The van der Waals surface area contributed by atoms with Crippen LogP contribution in [0.2, 0.25) is 0 Å². The van der Waals surface area contributed by atoms with Crippen LogP contribution in [0.25, 0.3) is 16.4 Å². The largest absolute Gasteiger partial charge is 0.507 e. The number of halogens is 3. The number of hydrazone groups is 1. The molecule has 0 aliphatic rings. The van der Waals surface area contributed by atoms with Gasteiger partial charge in [0.1, 0.15) is 11.4 Å². The average Bonchev–Trinajstić information content (AvgIpc) is 3.43. The number of nitrogens with zero attached hydrogens (tertiary/aromatic N) is 4. The molecule has 4 aromatic rings. The second-order valence-corrected chi connectivity index (χ2v) is 7.30. The molecule has 0 aliphatic carbocycles. The van der Waals surface area contributed by atoms with E-state index in [0.29, 0.717) is 11.1 Å². The average molecular weight is 457 g/mol. The number of aromatic hydroxyl groups is 1. The van der Waals surface area contributed by atoms with Gasteiger partial charge in [-0.1, -0.05) is 42.5 Å². The highest BCUT2D eigenvalue weighted by molar-refractivity contribution is 7.12. The van der Waals surface area contributed by atoms with E-state index in [9.17, 15) is 23.1 Å². The lowest BCUT2D eigenvalue weighted by atomic mass is 10.1. The van der Waals surface area contributed by atoms with Crippen molar-refractivity contribution in [3.63, 3.8) is 0 Å². The van der Waals surface area contributed by atoms with Gasteiger partial charge in [-0.05, 0) is 18.2 Å². The quantitative estimate of drug-likeness (QED) is 0.341. The zero-order valence-corrected chi connectivity index (χ0v) is 16.9. The van der Waals surface area contributed by atoms with Crippen LogP contribution in [0.3, 0.4) is 0 Å². The van der Waals surface area contributed by atoms with Gasteiger partial charge in [0.05, 0.1) is 11.9 Å². The number of para-hydroxylation sites is 1. The molecule has 0 fully saturated rings. The van der Waals surface area contributed by atoms with Crippen LogP contribution in [0.1, 0.15) is 21.7 Å². The van der Waals surface area contributed by atoms with Crippen LogP contribution in [-0.4, -0.2) is 32.0 Å². The first-order chi connectivity index (χ1) is 15.3. The van der Waals surface area contributed by atoms with Gasteiger partial charge in [-0.15, -0.1) is 11.3 Å². The summed E-state index contributed by atoms with van der Waals surface area (Å²) in [5, 5.41) is 18.6. The summed E-state index contributed by atoms with van der Waals surface area (Å²) >= 11 is 0.965. The molecule has 0 bridgehead atoms. The van der Waals surface area contributed by atoms with Crippen molar-refractivity contribution in [2.45, 2.75) is 6.18 Å². The van der Waals surface area contributed by atoms with Crippen LogP contribution in [0.15, 0.2) is 71.1 Å². The molecule has 32 heavy (non-hydrogen) atoms. The number of carbonyl (C=O) groups is 1. The van der Waals surface area contributed by atoms with E-state index in [1.165, 1.54) is 17.7 Å². The Morgan fingerprint density at radius 2 is 1.84 bits per heavy atom. The van der Waals surface area contributed by atoms with Gasteiger partial charge in [0.25, 0.3) is 5.91 Å². The van der Waals surface area contributed by atoms with Crippen molar-refractivity contribution in [2.75, 3.05) is 0 Å². The lowest BCUT2D eigenvalue weighted by Crippen LogP contribution is -2.18. The van der Waals surface area contributed by atoms with Crippen molar-refractivity contribution in [1.29, 1.82) is 0 Å². The number of nitrogens with one attached hydrogen (secondary N) is 1. The van der Waals surface area contributed by atoms with E-state index in [0.717, 1.165) is 22.1 Å². The van der Waals surface area contributed by atoms with Gasteiger partial charge < -0.3 is 5.11 Å². The number of rotatable bonds is 5. The molecule has 0 aliphatic heterocycles. The molecule has 0 atom stereocenters. The fraction of sp³-hybridized carbons (Fsp3) is 0.0476. The van der Waals surface area contributed by atoms with E-state index >= 15 is 0 Å². The summed E-state index contributed by atoms with van der Waals surface area (Å²) in [4.78, 5) is 16.5. The van der Waals surface area contributed by atoms with Crippen molar-refractivity contribution in [2.24, 2.45) is 5.10 Å². The molecular formula is C21H14F3N5O2S. The highest BCUT2D eigenvalue weighted by Crippen LogP contribution is 2.33. The first-order valence-corrected chi connectivity index (χ1v) is 10.0. The van der Waals surface area contributed by atoms with Crippen LogP contribution < -0.4 is 5.43 Å². The van der Waals surface area contributed by atoms with E-state index in [1.54, 1.807) is 48.5 Å². The number of phenolic OH excluding ortho intramolecular Hbond substituents is 1. The van der Waals surface area contributed by atoms with Crippen molar-refractivity contribution < 1.29 is 23.1 Å². The molecule has 2 aromatic carbocycles. The summed E-state index contributed by atoms with van der Waals surface area (Å²) in [6.45, 7) is 0. The molecule has 0 unspecified atom stereocenters. The highest BCUT2D eigenvalue weighted by Gasteiger charge is 2.35. The third kappa shape index (κ3) is 4.52. The summed E-state index contributed by atoms with van der Waals surface area (Å²) < 4.78 is 40.8. The fourth-order valence-corrected chi connectivity index (χ4v) is 3.53. The topological polar surface area (TPSA) is 92.4 Å². The van der Waals surface area contributed by atoms with Gasteiger partial charge in [0.15, 0.2) is 5.69 Å². The number of benzene rings is 2. The number of carbonyl (C=O) groups excluding carboxylic acids is 1. The minimum absolute atomic E-state index is 0.00552. The molecule has 0 saturated heterocycles. The Hall–Kier alpha value is -3.99. The van der Waals surface area contributed by atoms with E-state index in [1.807, 2.05) is 0 Å². The van der Waals surface area contributed by atoms with E-state index in [-0.39, 0.29) is 22.3 Å². The lowest BCUT2D eigenvalue weighted by Gasteiger charge is -2.03. The highest BCUT2D eigenvalue weighted by atomic mass is 32.1. The first-order valence-electron chi connectivity index (χ1n) is 9.13. The van der Waals surface area contributed by atoms with Crippen LogP contribution in [-0.2, 0) is 6.18 Å². The minimum Gasteiger partial charge on any atom is -0.507 e. The Morgan fingerprint density at radius 1 is 1.12 bits per heavy atom. The molecule has 11 heteroatoms. The monoisotopic (exact) mass is 457 g/mol. The molecule has 0 saturated carbocycles. The summed E-state index contributed by atoms with van der Waals surface area (Å²) in [6, 6.07) is 15.8. The van der Waals surface area contributed by atoms with E-state index in [2.05, 4.69) is 20.6 Å². The standard InChI is InChI=1S/C21H14F3N5O2S/c22-21(23,24)18-10-16(13-6-2-1-3-7-13)29(28-18)20-26-15(12-32-20)19(31)27-25-11-14-8-4-5-9-17(14)30/h1-12,30H,(H,27,31)/b25-11-. The number of aromatic nitrogens is 3. The number of amides is 1. The third-order valence-corrected chi connectivity index (χ3v) is 5.10. The van der Waals surface area contributed by atoms with Crippen molar-refractivity contribution in [1.82, 2.24) is 20.2 Å². The van der Waals surface area contributed by atoms with Gasteiger partial charge in [0, 0.05) is 16.5 Å². The normalized spacial score (nSPS) is 11.7. The molecule has 0 spiro atoms. The Labute approximate surface area is 183 Å². The second-order valence-electron chi connectivity index (χ2n) is 6.46. The maximum atomic E-state index is 13.3. The smallest absolute Gasteiger partial charge is 0.435 e. The van der Waals surface area contributed by atoms with Crippen molar-refractivity contribution >= 4 is 23.5 Å². The summed E-state index contributed by atoms with van der Waals surface area (Å²) in [7, 11) is 0. The van der Waals surface area contributed by atoms with Gasteiger partial charge in [0.2, 0.25) is 5.13 Å². The molecule has 1 amide bonds. The maximum Gasteiger partial charge on any atom is 0.435 e. The van der Waals surface area contributed by atoms with Crippen LogP contribution >= 0.6 is 11.3 Å². The molecule has 2 heterocycles. The molecule has 4 rings (SSSR count). The van der Waals surface area contributed by atoms with Gasteiger partial charge in [-0.3, -0.25) is 4.79 Å². The molecule has 2 N–H and O–H groups in total. The summed E-state index contributed by atoms with van der Waals surface area (Å²) in [5.74, 6) is -0.669. The van der Waals surface area contributed by atoms with Gasteiger partial charge >= 0.3 is 6.18 Å². The Morgan fingerprint density at radius 3 is 2.56 bits per heavy atom. The molecule has 7 nitrogen and oxygen atoms in total. The van der Waals surface area contributed by atoms with E-state index in [4.69, 9.17) is 0 Å². The van der Waals surface area contributed by atoms with Crippen LogP contribution in [0.4, 0.5) is 13.2 Å². The van der Waals surface area contributed by atoms with Crippen molar-refractivity contribution in [3.8, 4) is 22.1 Å². The minimum atomic E-state index is -4.63. The Balaban J connectivity index is 1.60. The number of phenols is 1. The molecule has 0 radical (unpaired) electrons. The van der Waals surface area contributed by atoms with Gasteiger partial charge in [-0.2, -0.15) is 23.4 Å². The van der Waals surface area contributed by atoms with E-state index < -0.39 is 17.8 Å². The molecule has 162 valence electrons. The number of hydrogen-bond donors (Lipinski definition) is 2. The van der Waals surface area contributed by atoms with Crippen LogP contribution in [0.5, 0.6) is 5.75 Å². The zero-order valence-electron chi connectivity index (χ0n) is 16.1. The van der Waals surface area contributed by atoms with Crippen molar-refractivity contribution in [3.05, 3.63) is 83.0 Å². The predicted octanol–water partition coefficient (Wildman–Crippen LogP) is 4.48. The fourth-order valence-electron chi connectivity index (χ4n) is 2.76. The number of alkyl halides is 3. The third-order valence-electron chi connectivity index (χ3n) is 4.28. The maximum absolute atomic E-state index is 13.3. The van der Waals surface area contributed by atoms with Crippen LogP contribution in [0, 0.1) is 0 Å². The number of hydrogen-bond acceptors (Lipinski definition) is 6. The summed E-state index contributed by atoms with van der Waals surface area (Å²) in [5.41, 5.74) is 2.27. The SMILES string of the molecule is O=C(N/N=C\c1ccccc1O)c1csc(-n2nc(C(F)(F)F)cc2-c2ccccc2)n1. The number of thiazole rings is 1. The lowest BCUT2D eigenvalue weighted by molar-refractivity contribution is -0.141. The van der Waals surface area contributed by atoms with Gasteiger partial charge in [-0.25, -0.2) is 15.1 Å². The Kier molecular flexibility index (Phi) is 5.73. The summed E-state index contributed by atoms with van der Waals surface area (Å²) in [6.07, 6.45) is -3.37. The first kappa shape index (κ1) is 21.2.